The molecule has 0 radical (unpaired) electrons. The molecule has 0 fully saturated rings. The minimum absolute atomic E-state index is 0.235. The Labute approximate surface area is 859 Å². The first-order valence-corrected chi connectivity index (χ1v) is 51.1. The van der Waals surface area contributed by atoms with Crippen LogP contribution in [-0.4, -0.2) is 58.6 Å². The van der Waals surface area contributed by atoms with Gasteiger partial charge in [0.05, 0.1) is 49.3 Å². The molecular weight excluding hydrogens is 1840 g/mol. The number of aromatic nitrogens is 12. The quantitative estimate of drug-likeness (QED) is 0.101. The van der Waals surface area contributed by atoms with Crippen molar-refractivity contribution in [3.05, 3.63) is 458 Å². The molecule has 19 aromatic carbocycles. The number of rotatable bonds is 14. The Morgan fingerprint density at radius 1 is 0.207 bits per heavy atom. The summed E-state index contributed by atoms with van der Waals surface area (Å²) >= 11 is 0. The number of benzene rings is 19. The van der Waals surface area contributed by atoms with Crippen LogP contribution in [-0.2, 0) is 10.8 Å². The lowest BCUT2D eigenvalue weighted by Crippen LogP contribution is -2.17. The van der Waals surface area contributed by atoms with Crippen molar-refractivity contribution in [2.45, 2.75) is 51.4 Å². The van der Waals surface area contributed by atoms with Gasteiger partial charge in [-0.2, -0.15) is 29.9 Å². The summed E-state index contributed by atoms with van der Waals surface area (Å²) < 4.78 is 26.8. The van der Waals surface area contributed by atoms with E-state index < -0.39 is 0 Å². The van der Waals surface area contributed by atoms with Crippen LogP contribution in [0.5, 0.6) is 0 Å². The number of furan rings is 3. The van der Waals surface area contributed by atoms with Crippen molar-refractivity contribution >= 4 is 142 Å². The van der Waals surface area contributed by atoms with Crippen LogP contribution < -0.4 is 0 Å². The zero-order chi connectivity index (χ0) is 99.0. The second kappa shape index (κ2) is 32.5. The summed E-state index contributed by atoms with van der Waals surface area (Å²) in [5.74, 6) is 4.96. The van der Waals surface area contributed by atoms with Gasteiger partial charge in [0.15, 0.2) is 34.9 Å². The van der Waals surface area contributed by atoms with Gasteiger partial charge >= 0.3 is 0 Å². The molecule has 3 aliphatic rings. The van der Waals surface area contributed by atoms with Gasteiger partial charge in [0, 0.05) is 92.7 Å². The third-order valence-electron chi connectivity index (χ3n) is 31.8. The summed E-state index contributed by atoms with van der Waals surface area (Å²) in [6.07, 6.45) is 4.27. The van der Waals surface area contributed by atoms with Gasteiger partial charge in [-0.1, -0.05) is 349 Å². The maximum atomic E-state index is 6.81. The average molecular weight is 1920 g/mol. The van der Waals surface area contributed by atoms with Gasteiger partial charge in [0.25, 0.3) is 0 Å². The van der Waals surface area contributed by atoms with Crippen LogP contribution in [0.25, 0.3) is 284 Å². The monoisotopic (exact) mass is 1920 g/mol. The Bertz CT molecular complexity index is 10700. The Morgan fingerprint density at radius 3 is 0.933 bits per heavy atom. The molecular formula is C135H86N12O3. The van der Waals surface area contributed by atoms with Crippen molar-refractivity contribution in [1.29, 1.82) is 0 Å². The van der Waals surface area contributed by atoms with Gasteiger partial charge in [-0.3, -0.25) is 13.7 Å². The molecule has 0 N–H and O–H groups in total. The van der Waals surface area contributed by atoms with E-state index in [-0.39, 0.29) is 10.8 Å². The van der Waals surface area contributed by atoms with E-state index in [1.54, 1.807) is 0 Å². The van der Waals surface area contributed by atoms with Gasteiger partial charge < -0.3 is 13.3 Å². The summed E-state index contributed by atoms with van der Waals surface area (Å²) in [5, 5.41) is 12.6. The third-order valence-corrected chi connectivity index (χ3v) is 31.8. The number of nitrogens with zero attached hydrogens (tertiary/aromatic N) is 12. The number of allylic oxidation sites excluding steroid dienone is 4. The second-order valence-electron chi connectivity index (χ2n) is 40.9. The fourth-order valence-electron chi connectivity index (χ4n) is 24.4. The van der Waals surface area contributed by atoms with Crippen LogP contribution >= 0.6 is 0 Å². The molecule has 0 spiro atoms. The maximum absolute atomic E-state index is 6.81. The average Bonchev–Trinajstić information content (AvgIpc) is 1.53. The number of hydrogen-bond acceptors (Lipinski definition) is 12. The molecule has 704 valence electrons. The first-order chi connectivity index (χ1) is 73.8. The predicted octanol–water partition coefficient (Wildman–Crippen LogP) is 34.1. The largest absolute Gasteiger partial charge is 0.455 e. The Balaban J connectivity index is 0.451. The highest BCUT2D eigenvalue weighted by Gasteiger charge is 2.41. The van der Waals surface area contributed by atoms with Crippen molar-refractivity contribution in [3.63, 3.8) is 0 Å². The SMILES string of the molecule is CC1(C)C2=C(CCC(c3cccc(-c4ccc(-c5nc(-c6ccc(-c7cccc(-c8cccc(-c9ccc(-c%10nc(-c%11ccccc%11)nc(-n%11c%12ccccc%12c%12c%13oc%14ccccc%14c%13ccc%12%11)n%10)cc9)c8)c7)cc6)nc(-n6c7ccccc7c7c8oc9ccccc9c8ccc76)n5)cc4)c3)=C2)c2ccc(-c3nc(-c4ccc5c(c4)C(C)(C)c4ccccc4-5)nc(-n4c5ccccc5c5c6oc7ccccc7c6ccc54)n3)cc21. The lowest BCUT2D eigenvalue weighted by Gasteiger charge is -2.26. The molecule has 0 atom stereocenters. The predicted molar refractivity (Wildman–Crippen MR) is 607 cm³/mol. The minimum atomic E-state index is -0.360. The first-order valence-electron chi connectivity index (χ1n) is 51.1. The molecule has 15 heteroatoms. The van der Waals surface area contributed by atoms with Crippen LogP contribution in [0, 0.1) is 0 Å². The van der Waals surface area contributed by atoms with Crippen molar-refractivity contribution < 1.29 is 13.3 Å². The highest BCUT2D eigenvalue weighted by atomic mass is 16.3. The van der Waals surface area contributed by atoms with E-state index in [1.165, 1.54) is 55.7 Å². The topological polar surface area (TPSA) is 170 Å². The van der Waals surface area contributed by atoms with E-state index in [0.29, 0.717) is 52.8 Å². The fourth-order valence-corrected chi connectivity index (χ4v) is 24.4. The number of para-hydroxylation sites is 6. The fraction of sp³-hybridized carbons (Fsp3) is 0.0593. The lowest BCUT2D eigenvalue weighted by atomic mass is 9.78. The zero-order valence-corrected chi connectivity index (χ0v) is 81.9. The summed E-state index contributed by atoms with van der Waals surface area (Å²) in [6.45, 7) is 9.41. The Hall–Kier alpha value is -19.5. The molecule has 0 saturated heterocycles. The van der Waals surface area contributed by atoms with Gasteiger partial charge in [-0.15, -0.1) is 0 Å². The molecule has 0 unspecified atom stereocenters. The summed E-state index contributed by atoms with van der Waals surface area (Å²) in [7, 11) is 0. The van der Waals surface area contributed by atoms with Crippen molar-refractivity contribution in [3.8, 4) is 142 Å². The normalized spacial score (nSPS) is 13.7. The zero-order valence-electron chi connectivity index (χ0n) is 81.9. The van der Waals surface area contributed by atoms with E-state index in [0.717, 1.165) is 222 Å². The molecule has 9 heterocycles. The van der Waals surface area contributed by atoms with Gasteiger partial charge in [-0.05, 0) is 216 Å². The highest BCUT2D eigenvalue weighted by Crippen LogP contribution is 2.56. The van der Waals surface area contributed by atoms with E-state index in [4.69, 9.17) is 58.1 Å². The van der Waals surface area contributed by atoms with Crippen molar-refractivity contribution in [2.75, 3.05) is 0 Å². The minimum Gasteiger partial charge on any atom is -0.455 e. The molecule has 3 aliphatic carbocycles. The molecule has 0 bridgehead atoms. The van der Waals surface area contributed by atoms with Crippen molar-refractivity contribution in [2.24, 2.45) is 0 Å². The van der Waals surface area contributed by atoms with Crippen LogP contribution in [0.15, 0.2) is 443 Å². The molecule has 15 nitrogen and oxygen atoms in total. The maximum Gasteiger partial charge on any atom is 0.238 e. The van der Waals surface area contributed by atoms with Gasteiger partial charge in [-0.25, -0.2) is 15.0 Å². The van der Waals surface area contributed by atoms with Crippen LogP contribution in [0.1, 0.15) is 68.4 Å². The smallest absolute Gasteiger partial charge is 0.238 e. The lowest BCUT2D eigenvalue weighted by molar-refractivity contribution is 0.652. The van der Waals surface area contributed by atoms with Gasteiger partial charge in [0.2, 0.25) is 17.8 Å². The summed E-state index contributed by atoms with van der Waals surface area (Å²) in [5.41, 5.74) is 36.9. The standard InChI is InChI=1S/C135H86N12O3/c1-134(2)106-40-15-8-33-93(106)94-63-60-91(75-108(94)134)129-138-130(144-133(143-129)147-112-43-18-11-39-105(112)121-115(147)70-67-102-99-36-14-21-46-118(99)150-124(102)121)92-61-64-96-95-62-59-90(74-107(95)135(3,4)109(96)76-92)89-32-24-29-86(73-89)79-51-57-83(58-52-79)128-137-127(141-132(142-128)146-111-42-17-10-38-104(111)120-114(146)69-66-101-98-35-13-20-45-117(98)149-123(101)120)82-55-49-78(50-56-82)85-28-23-31-88(72-85)87-30-22-27-84(71-87)77-47-53-81(54-48-77)126-136-125(80-25-6-5-7-26-80)139-131(140-126)145-110-41-16-9-37-103(110)119-113(145)68-65-100-97-34-12-19-44-116(97)148-122(100)119/h5-58,60-61,63-76H,59,62H2,1-4H3. The molecule has 0 amide bonds. The molecule has 150 heavy (non-hydrogen) atoms. The highest BCUT2D eigenvalue weighted by molar-refractivity contribution is 6.27. The van der Waals surface area contributed by atoms with E-state index in [2.05, 4.69) is 399 Å². The Kier molecular flexibility index (Phi) is 18.4. The van der Waals surface area contributed by atoms with Crippen molar-refractivity contribution in [1.82, 2.24) is 58.6 Å². The molecule has 9 aromatic heterocycles. The van der Waals surface area contributed by atoms with E-state index in [9.17, 15) is 0 Å². The second-order valence-corrected chi connectivity index (χ2v) is 40.9. The number of fused-ring (bicyclic) bond motifs is 26. The third kappa shape index (κ3) is 13.1. The first kappa shape index (κ1) is 84.9. The van der Waals surface area contributed by atoms with E-state index >= 15 is 0 Å². The van der Waals surface area contributed by atoms with Crippen LogP contribution in [0.3, 0.4) is 0 Å². The summed E-state index contributed by atoms with van der Waals surface area (Å²) in [6, 6.07) is 148. The Morgan fingerprint density at radius 2 is 0.513 bits per heavy atom. The molecule has 28 aromatic rings. The van der Waals surface area contributed by atoms with Crippen LogP contribution in [0.4, 0.5) is 0 Å². The molecule has 0 aliphatic heterocycles. The molecule has 0 saturated carbocycles. The molecule has 31 rings (SSSR count). The summed E-state index contributed by atoms with van der Waals surface area (Å²) in [4.78, 5) is 48.8. The van der Waals surface area contributed by atoms with E-state index in [1.807, 2.05) is 66.7 Å². The van der Waals surface area contributed by atoms with Gasteiger partial charge in [0.1, 0.15) is 33.5 Å². The van der Waals surface area contributed by atoms with Crippen LogP contribution in [0.2, 0.25) is 0 Å². The number of hydrogen-bond donors (Lipinski definition) is 0.